The highest BCUT2D eigenvalue weighted by Gasteiger charge is 2.26. The molecule has 0 spiro atoms. The molecule has 0 radical (unpaired) electrons. The Morgan fingerprint density at radius 3 is 2.89 bits per heavy atom. The van der Waals surface area contributed by atoms with Crippen LogP contribution in [0, 0.1) is 0 Å². The smallest absolute Gasteiger partial charge is 0.253 e. The molecule has 1 atom stereocenters. The van der Waals surface area contributed by atoms with Crippen molar-refractivity contribution in [1.29, 1.82) is 0 Å². The molecule has 0 N–H and O–H groups in total. The molecular weight excluding hydrogens is 338 g/mol. The molecule has 4 rings (SSSR count). The first-order chi connectivity index (χ1) is 13.3. The van der Waals surface area contributed by atoms with E-state index in [9.17, 15) is 4.79 Å². The summed E-state index contributed by atoms with van der Waals surface area (Å²) in [5, 5.41) is 0. The number of hydrogen-bond acceptors (Lipinski definition) is 4. The third-order valence-corrected chi connectivity index (χ3v) is 5.07. The maximum Gasteiger partial charge on any atom is 0.253 e. The number of piperidine rings is 1. The van der Waals surface area contributed by atoms with E-state index < -0.39 is 0 Å². The maximum absolute atomic E-state index is 12.8. The van der Waals surface area contributed by atoms with Crippen LogP contribution in [0.1, 0.15) is 47.6 Å². The fraction of sp³-hybridized carbons (Fsp3) is 0.333. The van der Waals surface area contributed by atoms with Crippen LogP contribution in [0.5, 0.6) is 0 Å². The first kappa shape index (κ1) is 17.4. The molecule has 138 valence electrons. The molecule has 0 aliphatic carbocycles. The van der Waals surface area contributed by atoms with E-state index in [1.165, 1.54) is 0 Å². The van der Waals surface area contributed by atoms with Gasteiger partial charge in [-0.3, -0.25) is 14.3 Å². The Hall–Kier alpha value is -3.02. The average molecular weight is 361 g/mol. The Labute approximate surface area is 158 Å². The number of amides is 1. The van der Waals surface area contributed by atoms with E-state index >= 15 is 0 Å². The van der Waals surface area contributed by atoms with E-state index in [0.717, 1.165) is 48.7 Å². The van der Waals surface area contributed by atoms with Crippen LogP contribution >= 0.6 is 0 Å². The molecule has 6 heteroatoms. The van der Waals surface area contributed by atoms with E-state index in [1.807, 2.05) is 52.2 Å². The molecule has 1 fully saturated rings. The van der Waals surface area contributed by atoms with Crippen molar-refractivity contribution >= 4 is 5.91 Å². The number of likely N-dealkylation sites (tertiary alicyclic amines) is 1. The quantitative estimate of drug-likeness (QED) is 0.716. The molecular formula is C21H23N5O. The lowest BCUT2D eigenvalue weighted by Crippen LogP contribution is -2.39. The minimum absolute atomic E-state index is 0.0901. The van der Waals surface area contributed by atoms with Gasteiger partial charge in [0.1, 0.15) is 5.82 Å². The van der Waals surface area contributed by atoms with E-state index in [2.05, 4.69) is 16.9 Å². The number of rotatable bonds is 4. The van der Waals surface area contributed by atoms with Crippen molar-refractivity contribution in [2.45, 2.75) is 32.1 Å². The predicted octanol–water partition coefficient (Wildman–Crippen LogP) is 3.24. The number of aromatic nitrogens is 4. The van der Waals surface area contributed by atoms with Crippen molar-refractivity contribution in [3.05, 3.63) is 72.2 Å². The molecule has 0 unspecified atom stereocenters. The summed E-state index contributed by atoms with van der Waals surface area (Å²) in [6.07, 6.45) is 10.1. The van der Waals surface area contributed by atoms with Crippen LogP contribution in [-0.4, -0.2) is 43.4 Å². The monoisotopic (exact) mass is 361 g/mol. The zero-order chi connectivity index (χ0) is 18.6. The van der Waals surface area contributed by atoms with E-state index in [1.54, 1.807) is 12.4 Å². The molecule has 0 bridgehead atoms. The van der Waals surface area contributed by atoms with Gasteiger partial charge in [0.05, 0.1) is 11.9 Å². The second-order valence-corrected chi connectivity index (χ2v) is 6.83. The summed E-state index contributed by atoms with van der Waals surface area (Å²) >= 11 is 0. The van der Waals surface area contributed by atoms with E-state index in [0.29, 0.717) is 6.54 Å². The van der Waals surface area contributed by atoms with Crippen LogP contribution in [0.4, 0.5) is 0 Å². The standard InChI is InChI=1S/C21H23N5O/c1-2-19-23-10-12-26(19)20-14-22-13-18(24-20)17-9-6-11-25(15-17)21(27)16-7-4-3-5-8-16/h3-5,7-8,10,12-14,17H,2,6,9,11,15H2,1H3/t17-/m0/s1. The highest BCUT2D eigenvalue weighted by Crippen LogP contribution is 2.27. The molecule has 2 aromatic heterocycles. The largest absolute Gasteiger partial charge is 0.338 e. The molecule has 27 heavy (non-hydrogen) atoms. The summed E-state index contributed by atoms with van der Waals surface area (Å²) in [7, 11) is 0. The van der Waals surface area contributed by atoms with Gasteiger partial charge in [0.15, 0.2) is 5.82 Å². The summed E-state index contributed by atoms with van der Waals surface area (Å²) in [4.78, 5) is 28.3. The Morgan fingerprint density at radius 2 is 2.07 bits per heavy atom. The lowest BCUT2D eigenvalue weighted by Gasteiger charge is -2.32. The van der Waals surface area contributed by atoms with Gasteiger partial charge < -0.3 is 4.90 Å². The molecule has 1 aliphatic heterocycles. The van der Waals surface area contributed by atoms with Crippen LogP contribution < -0.4 is 0 Å². The lowest BCUT2D eigenvalue weighted by atomic mass is 9.94. The van der Waals surface area contributed by atoms with Gasteiger partial charge in [0, 0.05) is 49.6 Å². The van der Waals surface area contributed by atoms with Crippen molar-refractivity contribution in [3.8, 4) is 5.82 Å². The van der Waals surface area contributed by atoms with Crippen molar-refractivity contribution < 1.29 is 4.79 Å². The van der Waals surface area contributed by atoms with Crippen LogP contribution in [0.3, 0.4) is 0 Å². The average Bonchev–Trinajstić information content (AvgIpc) is 3.23. The molecule has 3 aromatic rings. The number of benzene rings is 1. The molecule has 1 aromatic carbocycles. The fourth-order valence-electron chi connectivity index (χ4n) is 3.65. The van der Waals surface area contributed by atoms with Crippen LogP contribution in [0.2, 0.25) is 0 Å². The molecule has 1 saturated heterocycles. The predicted molar refractivity (Wildman–Crippen MR) is 103 cm³/mol. The fourth-order valence-corrected chi connectivity index (χ4v) is 3.65. The number of carbonyl (C=O) groups is 1. The molecule has 1 aliphatic rings. The minimum Gasteiger partial charge on any atom is -0.338 e. The number of nitrogens with zero attached hydrogens (tertiary/aromatic N) is 5. The van der Waals surface area contributed by atoms with Crippen molar-refractivity contribution in [1.82, 2.24) is 24.4 Å². The number of hydrogen-bond donors (Lipinski definition) is 0. The Morgan fingerprint density at radius 1 is 1.22 bits per heavy atom. The molecule has 3 heterocycles. The normalized spacial score (nSPS) is 17.1. The molecule has 6 nitrogen and oxygen atoms in total. The van der Waals surface area contributed by atoms with Gasteiger partial charge >= 0.3 is 0 Å². The third-order valence-electron chi connectivity index (χ3n) is 5.07. The second-order valence-electron chi connectivity index (χ2n) is 6.83. The highest BCUT2D eigenvalue weighted by atomic mass is 16.2. The summed E-state index contributed by atoms with van der Waals surface area (Å²) in [5.74, 6) is 2.04. The summed E-state index contributed by atoms with van der Waals surface area (Å²) in [6.45, 7) is 3.54. The van der Waals surface area contributed by atoms with Gasteiger partial charge in [-0.05, 0) is 25.0 Å². The van der Waals surface area contributed by atoms with E-state index in [-0.39, 0.29) is 11.8 Å². The topological polar surface area (TPSA) is 63.9 Å². The minimum atomic E-state index is 0.0901. The van der Waals surface area contributed by atoms with Crippen LogP contribution in [0.25, 0.3) is 5.82 Å². The first-order valence-electron chi connectivity index (χ1n) is 9.45. The highest BCUT2D eigenvalue weighted by molar-refractivity contribution is 5.94. The van der Waals surface area contributed by atoms with Gasteiger partial charge in [0.2, 0.25) is 0 Å². The van der Waals surface area contributed by atoms with Gasteiger partial charge in [-0.25, -0.2) is 9.97 Å². The zero-order valence-electron chi connectivity index (χ0n) is 15.5. The Bertz CT molecular complexity index is 921. The van der Waals surface area contributed by atoms with Gasteiger partial charge in [-0.2, -0.15) is 0 Å². The molecule has 1 amide bonds. The SMILES string of the molecule is CCc1nccn1-c1cncc([C@H]2CCCN(C(=O)c3ccccc3)C2)n1. The maximum atomic E-state index is 12.8. The van der Waals surface area contributed by atoms with Crippen LogP contribution in [-0.2, 0) is 6.42 Å². The van der Waals surface area contributed by atoms with Crippen molar-refractivity contribution in [3.63, 3.8) is 0 Å². The Balaban J connectivity index is 1.55. The van der Waals surface area contributed by atoms with E-state index in [4.69, 9.17) is 4.98 Å². The summed E-state index contributed by atoms with van der Waals surface area (Å²) < 4.78 is 1.98. The number of imidazole rings is 1. The van der Waals surface area contributed by atoms with Gasteiger partial charge in [-0.1, -0.05) is 25.1 Å². The van der Waals surface area contributed by atoms with Crippen LogP contribution in [0.15, 0.2) is 55.1 Å². The van der Waals surface area contributed by atoms with Crippen molar-refractivity contribution in [2.75, 3.05) is 13.1 Å². The van der Waals surface area contributed by atoms with Gasteiger partial charge in [0.25, 0.3) is 5.91 Å². The van der Waals surface area contributed by atoms with Crippen molar-refractivity contribution in [2.24, 2.45) is 0 Å². The first-order valence-corrected chi connectivity index (χ1v) is 9.45. The number of aryl methyl sites for hydroxylation is 1. The molecule has 0 saturated carbocycles. The van der Waals surface area contributed by atoms with Gasteiger partial charge in [-0.15, -0.1) is 0 Å². The second kappa shape index (κ2) is 7.70. The summed E-state index contributed by atoms with van der Waals surface area (Å²) in [6, 6.07) is 9.48. The lowest BCUT2D eigenvalue weighted by molar-refractivity contribution is 0.0706. The Kier molecular flexibility index (Phi) is 4.96. The zero-order valence-corrected chi connectivity index (χ0v) is 15.5. The summed E-state index contributed by atoms with van der Waals surface area (Å²) in [5.41, 5.74) is 1.68. The number of carbonyl (C=O) groups excluding carboxylic acids is 1. The third kappa shape index (κ3) is 3.60.